The molecule has 0 radical (unpaired) electrons. The van der Waals surface area contributed by atoms with E-state index in [9.17, 15) is 4.79 Å². The zero-order valence-corrected chi connectivity index (χ0v) is 22.1. The summed E-state index contributed by atoms with van der Waals surface area (Å²) in [5.74, 6) is 1.81. The molecule has 4 aromatic rings. The van der Waals surface area contributed by atoms with Gasteiger partial charge in [0, 0.05) is 17.7 Å². The molecule has 188 valence electrons. The number of ether oxygens (including phenoxy) is 1. The van der Waals surface area contributed by atoms with Crippen LogP contribution in [0.25, 0.3) is 22.2 Å². The van der Waals surface area contributed by atoms with Crippen LogP contribution in [-0.2, 0) is 11.3 Å². The van der Waals surface area contributed by atoms with Crippen molar-refractivity contribution in [2.45, 2.75) is 48.1 Å². The lowest BCUT2D eigenvalue weighted by Crippen LogP contribution is -2.33. The van der Waals surface area contributed by atoms with Gasteiger partial charge in [0.1, 0.15) is 25.0 Å². The van der Waals surface area contributed by atoms with Crippen molar-refractivity contribution < 1.29 is 14.3 Å². The minimum absolute atomic E-state index is 0.0572. The van der Waals surface area contributed by atoms with Crippen LogP contribution in [0.2, 0.25) is 0 Å². The fraction of sp³-hybridized carbons (Fsp3) is 0.300. The molecular weight excluding hydrogens is 450 g/mol. The van der Waals surface area contributed by atoms with Crippen LogP contribution in [-0.4, -0.2) is 40.7 Å². The number of fused-ring (bicyclic) bond motifs is 2. The van der Waals surface area contributed by atoms with E-state index in [0.717, 1.165) is 50.4 Å². The second-order valence-corrected chi connectivity index (χ2v) is 8.63. The van der Waals surface area contributed by atoms with E-state index in [4.69, 9.17) is 9.53 Å². The highest BCUT2D eigenvalue weighted by Gasteiger charge is 2.23. The van der Waals surface area contributed by atoms with Gasteiger partial charge in [-0.1, -0.05) is 32.0 Å². The molecule has 0 saturated heterocycles. The van der Waals surface area contributed by atoms with Crippen LogP contribution in [0, 0.1) is 27.7 Å². The summed E-state index contributed by atoms with van der Waals surface area (Å²) in [5, 5.41) is 0. The number of imidazole rings is 1. The lowest BCUT2D eigenvalue weighted by molar-refractivity contribution is -0.0980. The maximum atomic E-state index is 13.4. The number of hydrogen-bond acceptors (Lipinski definition) is 4. The van der Waals surface area contributed by atoms with Gasteiger partial charge in [0.15, 0.2) is 0 Å². The average molecular weight is 486 g/mol. The molecule has 1 aromatic heterocycles. The minimum atomic E-state index is 0.0572. The fourth-order valence-corrected chi connectivity index (χ4v) is 4.42. The number of aromatic amines is 1. The quantitative estimate of drug-likeness (QED) is 0.359. The Morgan fingerprint density at radius 1 is 0.944 bits per heavy atom. The molecule has 0 saturated carbocycles. The summed E-state index contributed by atoms with van der Waals surface area (Å²) in [6, 6.07) is 16.5. The van der Waals surface area contributed by atoms with E-state index in [1.54, 1.807) is 0 Å². The van der Waals surface area contributed by atoms with Crippen LogP contribution >= 0.6 is 0 Å². The van der Waals surface area contributed by atoms with E-state index < -0.39 is 0 Å². The first-order chi connectivity index (χ1) is 17.4. The molecular formula is C30H35N3O3. The summed E-state index contributed by atoms with van der Waals surface area (Å²) in [5.41, 5.74) is 9.42. The van der Waals surface area contributed by atoms with Crippen LogP contribution in [0.3, 0.4) is 0 Å². The zero-order chi connectivity index (χ0) is 26.4. The summed E-state index contributed by atoms with van der Waals surface area (Å²) in [6.07, 6.45) is 0. The highest BCUT2D eigenvalue weighted by atomic mass is 16.5. The monoisotopic (exact) mass is 485 g/mol. The third-order valence-corrected chi connectivity index (χ3v) is 6.55. The normalized spacial score (nSPS) is 12.3. The molecule has 2 heterocycles. The maximum absolute atomic E-state index is 13.4. The van der Waals surface area contributed by atoms with Gasteiger partial charge in [0.05, 0.1) is 17.6 Å². The highest BCUT2D eigenvalue weighted by molar-refractivity contribution is 5.96. The highest BCUT2D eigenvalue weighted by Crippen LogP contribution is 2.31. The SMILES string of the molecule is C=O.CC.Cc1nc2ccc(-c3ccc4c(c3)CN(C(=O)c3ccc(C)c(C)c3C)CCO4)cc2[nH]1. The van der Waals surface area contributed by atoms with Crippen molar-refractivity contribution in [1.29, 1.82) is 0 Å². The molecule has 0 unspecified atom stereocenters. The van der Waals surface area contributed by atoms with Gasteiger partial charge in [0.2, 0.25) is 0 Å². The molecule has 0 atom stereocenters. The maximum Gasteiger partial charge on any atom is 0.254 e. The average Bonchev–Trinajstić information content (AvgIpc) is 3.14. The molecule has 1 amide bonds. The van der Waals surface area contributed by atoms with Crippen LogP contribution < -0.4 is 4.74 Å². The molecule has 1 aliphatic rings. The van der Waals surface area contributed by atoms with Gasteiger partial charge in [0.25, 0.3) is 5.91 Å². The van der Waals surface area contributed by atoms with E-state index in [1.165, 1.54) is 11.1 Å². The van der Waals surface area contributed by atoms with E-state index in [1.807, 2.05) is 63.6 Å². The standard InChI is InChI=1S/C27H27N3O2.C2H6.CH2O/c1-16-5-8-23(18(3)17(16)2)27(31)30-11-12-32-26-10-7-20(13-22(26)15-30)21-6-9-24-25(14-21)29-19(4)28-24;2*1-2/h5-10,13-14H,11-12,15H2,1-4H3,(H,28,29);1-2H3;1H2. The molecule has 1 aliphatic heterocycles. The Bertz CT molecular complexity index is 1370. The minimum Gasteiger partial charge on any atom is -0.491 e. The van der Waals surface area contributed by atoms with Crippen molar-refractivity contribution in [3.63, 3.8) is 0 Å². The van der Waals surface area contributed by atoms with Gasteiger partial charge in [-0.25, -0.2) is 4.98 Å². The van der Waals surface area contributed by atoms with Gasteiger partial charge in [-0.2, -0.15) is 0 Å². The molecule has 36 heavy (non-hydrogen) atoms. The lowest BCUT2D eigenvalue weighted by Gasteiger charge is -2.22. The Balaban J connectivity index is 0.000000861. The summed E-state index contributed by atoms with van der Waals surface area (Å²) in [4.78, 5) is 31.1. The van der Waals surface area contributed by atoms with Crippen molar-refractivity contribution >= 4 is 23.7 Å². The number of amides is 1. The van der Waals surface area contributed by atoms with Crippen molar-refractivity contribution in [3.05, 3.63) is 82.2 Å². The summed E-state index contributed by atoms with van der Waals surface area (Å²) in [7, 11) is 0. The van der Waals surface area contributed by atoms with Crippen molar-refractivity contribution in [1.82, 2.24) is 14.9 Å². The van der Waals surface area contributed by atoms with E-state index in [0.29, 0.717) is 19.7 Å². The van der Waals surface area contributed by atoms with Crippen molar-refractivity contribution in [2.24, 2.45) is 0 Å². The van der Waals surface area contributed by atoms with E-state index >= 15 is 0 Å². The van der Waals surface area contributed by atoms with Crippen LogP contribution in [0.15, 0.2) is 48.5 Å². The predicted molar refractivity (Wildman–Crippen MR) is 146 cm³/mol. The van der Waals surface area contributed by atoms with Crippen LogP contribution in [0.1, 0.15) is 52.3 Å². The molecule has 6 nitrogen and oxygen atoms in total. The number of benzene rings is 3. The Hall–Kier alpha value is -3.93. The Morgan fingerprint density at radius 2 is 1.64 bits per heavy atom. The second-order valence-electron chi connectivity index (χ2n) is 8.63. The van der Waals surface area contributed by atoms with Gasteiger partial charge >= 0.3 is 0 Å². The number of nitrogens with zero attached hydrogens (tertiary/aromatic N) is 2. The summed E-state index contributed by atoms with van der Waals surface area (Å²) in [6.45, 7) is 15.7. The largest absolute Gasteiger partial charge is 0.491 e. The second kappa shape index (κ2) is 11.7. The number of hydrogen-bond donors (Lipinski definition) is 1. The first-order valence-corrected chi connectivity index (χ1v) is 12.3. The van der Waals surface area contributed by atoms with Crippen LogP contribution in [0.4, 0.5) is 0 Å². The van der Waals surface area contributed by atoms with Gasteiger partial charge in [-0.05, 0) is 85.8 Å². The molecule has 6 heteroatoms. The van der Waals surface area contributed by atoms with E-state index in [2.05, 4.69) is 48.1 Å². The van der Waals surface area contributed by atoms with Crippen molar-refractivity contribution in [2.75, 3.05) is 13.2 Å². The lowest BCUT2D eigenvalue weighted by atomic mass is 9.97. The van der Waals surface area contributed by atoms with Gasteiger partial charge in [-0.15, -0.1) is 0 Å². The number of aryl methyl sites for hydroxylation is 2. The number of carbonyl (C=O) groups is 2. The molecule has 5 rings (SSSR count). The topological polar surface area (TPSA) is 75.3 Å². The first-order valence-electron chi connectivity index (χ1n) is 12.3. The molecule has 0 aliphatic carbocycles. The number of nitrogens with one attached hydrogen (secondary N) is 1. The van der Waals surface area contributed by atoms with Gasteiger partial charge in [-0.3, -0.25) is 4.79 Å². The van der Waals surface area contributed by atoms with E-state index in [-0.39, 0.29) is 5.91 Å². The Morgan fingerprint density at radius 3 is 2.39 bits per heavy atom. The third kappa shape index (κ3) is 5.33. The fourth-order valence-electron chi connectivity index (χ4n) is 4.42. The first kappa shape index (κ1) is 26.7. The molecule has 1 N–H and O–H groups in total. The number of carbonyl (C=O) groups excluding carboxylic acids is 2. The molecule has 0 spiro atoms. The Labute approximate surface area is 213 Å². The summed E-state index contributed by atoms with van der Waals surface area (Å²) >= 11 is 0. The zero-order valence-electron chi connectivity index (χ0n) is 22.1. The smallest absolute Gasteiger partial charge is 0.254 e. The van der Waals surface area contributed by atoms with Gasteiger partial charge < -0.3 is 19.4 Å². The Kier molecular flexibility index (Phi) is 8.64. The van der Waals surface area contributed by atoms with Crippen molar-refractivity contribution in [3.8, 4) is 16.9 Å². The molecule has 0 fully saturated rings. The number of H-pyrrole nitrogens is 1. The molecule has 0 bridgehead atoms. The molecule has 3 aromatic carbocycles. The summed E-state index contributed by atoms with van der Waals surface area (Å²) < 4.78 is 5.99. The predicted octanol–water partition coefficient (Wildman–Crippen LogP) is 6.34. The number of aromatic nitrogens is 2. The van der Waals surface area contributed by atoms with Crippen LogP contribution in [0.5, 0.6) is 5.75 Å². The number of rotatable bonds is 2. The third-order valence-electron chi connectivity index (χ3n) is 6.55.